The molecule has 1 aromatic rings. The summed E-state index contributed by atoms with van der Waals surface area (Å²) < 4.78 is 5.23. The lowest BCUT2D eigenvalue weighted by Gasteiger charge is -2.27. The lowest BCUT2D eigenvalue weighted by molar-refractivity contribution is -0.142. The van der Waals surface area contributed by atoms with E-state index in [2.05, 4.69) is 11.9 Å². The fraction of sp³-hybridized carbons (Fsp3) is 0.353. The number of carbonyl (C=O) groups is 1. The Labute approximate surface area is 130 Å². The third-order valence-corrected chi connectivity index (χ3v) is 3.94. The summed E-state index contributed by atoms with van der Waals surface area (Å²) in [5.74, 6) is -0.320. The number of hydrogen-bond acceptors (Lipinski definition) is 4. The van der Waals surface area contributed by atoms with Crippen molar-refractivity contribution in [1.29, 1.82) is 0 Å². The van der Waals surface area contributed by atoms with E-state index in [9.17, 15) is 4.79 Å². The third-order valence-electron chi connectivity index (χ3n) is 3.94. The van der Waals surface area contributed by atoms with Crippen molar-refractivity contribution in [2.24, 2.45) is 11.7 Å². The molecule has 0 spiro atoms. The summed E-state index contributed by atoms with van der Waals surface area (Å²) in [5.41, 5.74) is 7.12. The van der Waals surface area contributed by atoms with Crippen LogP contribution in [-0.2, 0) is 9.53 Å². The van der Waals surface area contributed by atoms with Crippen LogP contribution in [0.15, 0.2) is 43.3 Å². The highest BCUT2D eigenvalue weighted by Crippen LogP contribution is 2.27. The molecule has 0 radical (unpaired) electrons. The molecule has 0 heterocycles. The van der Waals surface area contributed by atoms with Gasteiger partial charge in [-0.25, -0.2) is 0 Å². The molecule has 5 heteroatoms. The number of benzene rings is 1. The van der Waals surface area contributed by atoms with Crippen molar-refractivity contribution in [2.75, 3.05) is 5.32 Å². The smallest absolute Gasteiger partial charge is 0.306 e. The second kappa shape index (κ2) is 7.54. The van der Waals surface area contributed by atoms with Gasteiger partial charge in [-0.3, -0.25) is 4.79 Å². The first-order chi connectivity index (χ1) is 10.6. The van der Waals surface area contributed by atoms with Crippen LogP contribution in [-0.4, -0.2) is 17.1 Å². The molecule has 118 valence electrons. The Kier molecular flexibility index (Phi) is 5.47. The summed E-state index contributed by atoms with van der Waals surface area (Å²) in [5, 5.41) is 12.5. The van der Waals surface area contributed by atoms with Gasteiger partial charge in [0.2, 0.25) is 0 Å². The SMILES string of the molecule is C=C(O/C=C\N)c1ccc(N[C@H]2CC[C@H](C(=O)O)CC2)cc1. The largest absolute Gasteiger partial charge is 0.481 e. The Morgan fingerprint density at radius 2 is 1.91 bits per heavy atom. The first-order valence-corrected chi connectivity index (χ1v) is 7.42. The molecule has 1 aromatic carbocycles. The Morgan fingerprint density at radius 1 is 1.27 bits per heavy atom. The summed E-state index contributed by atoms with van der Waals surface area (Å²) in [7, 11) is 0. The topological polar surface area (TPSA) is 84.6 Å². The molecule has 22 heavy (non-hydrogen) atoms. The van der Waals surface area contributed by atoms with E-state index >= 15 is 0 Å². The monoisotopic (exact) mass is 302 g/mol. The number of aliphatic carboxylic acids is 1. The van der Waals surface area contributed by atoms with E-state index in [1.165, 1.54) is 12.5 Å². The third kappa shape index (κ3) is 4.28. The summed E-state index contributed by atoms with van der Waals surface area (Å²) >= 11 is 0. The van der Waals surface area contributed by atoms with Gasteiger partial charge >= 0.3 is 5.97 Å². The van der Waals surface area contributed by atoms with Gasteiger partial charge in [-0.2, -0.15) is 0 Å². The highest BCUT2D eigenvalue weighted by Gasteiger charge is 2.25. The molecule has 0 amide bonds. The minimum absolute atomic E-state index is 0.184. The molecule has 0 saturated heterocycles. The molecule has 0 aliphatic heterocycles. The lowest BCUT2D eigenvalue weighted by Crippen LogP contribution is -2.29. The molecule has 1 fully saturated rings. The number of ether oxygens (including phenoxy) is 1. The van der Waals surface area contributed by atoms with Crippen LogP contribution in [0.1, 0.15) is 31.2 Å². The van der Waals surface area contributed by atoms with Crippen molar-refractivity contribution in [1.82, 2.24) is 0 Å². The minimum atomic E-state index is -0.673. The van der Waals surface area contributed by atoms with Gasteiger partial charge in [-0.05, 0) is 49.9 Å². The molecule has 1 aliphatic rings. The molecular weight excluding hydrogens is 280 g/mol. The average Bonchev–Trinajstić information content (AvgIpc) is 2.54. The van der Waals surface area contributed by atoms with Crippen LogP contribution >= 0.6 is 0 Å². The van der Waals surface area contributed by atoms with Crippen LogP contribution in [0.3, 0.4) is 0 Å². The zero-order chi connectivity index (χ0) is 15.9. The zero-order valence-corrected chi connectivity index (χ0v) is 12.5. The molecule has 5 nitrogen and oxygen atoms in total. The number of carboxylic acids is 1. The number of nitrogens with two attached hydrogens (primary N) is 1. The van der Waals surface area contributed by atoms with Gasteiger partial charge in [-0.1, -0.05) is 6.58 Å². The quantitative estimate of drug-likeness (QED) is 0.703. The molecule has 0 unspecified atom stereocenters. The minimum Gasteiger partial charge on any atom is -0.481 e. The number of nitrogens with one attached hydrogen (secondary N) is 1. The van der Waals surface area contributed by atoms with Crippen molar-refractivity contribution in [3.63, 3.8) is 0 Å². The number of hydrogen-bond donors (Lipinski definition) is 3. The normalized spacial score (nSPS) is 21.5. The summed E-state index contributed by atoms with van der Waals surface area (Å²) in [4.78, 5) is 10.9. The predicted octanol–water partition coefficient (Wildman–Crippen LogP) is 3.16. The van der Waals surface area contributed by atoms with Gasteiger partial charge in [0.1, 0.15) is 12.0 Å². The van der Waals surface area contributed by atoms with E-state index in [4.69, 9.17) is 15.6 Å². The molecule has 0 bridgehead atoms. The van der Waals surface area contributed by atoms with Gasteiger partial charge < -0.3 is 20.9 Å². The van der Waals surface area contributed by atoms with E-state index < -0.39 is 5.97 Å². The first-order valence-electron chi connectivity index (χ1n) is 7.42. The van der Waals surface area contributed by atoms with Crippen LogP contribution in [0, 0.1) is 5.92 Å². The number of anilines is 1. The van der Waals surface area contributed by atoms with Crippen LogP contribution in [0.25, 0.3) is 5.76 Å². The van der Waals surface area contributed by atoms with Crippen molar-refractivity contribution in [2.45, 2.75) is 31.7 Å². The molecule has 2 rings (SSSR count). The molecule has 0 atom stereocenters. The second-order valence-electron chi connectivity index (χ2n) is 5.48. The van der Waals surface area contributed by atoms with Crippen LogP contribution in [0.2, 0.25) is 0 Å². The van der Waals surface area contributed by atoms with Gasteiger partial charge in [0.25, 0.3) is 0 Å². The van der Waals surface area contributed by atoms with Gasteiger partial charge in [0, 0.05) is 23.5 Å². The maximum Gasteiger partial charge on any atom is 0.306 e. The average molecular weight is 302 g/mol. The van der Waals surface area contributed by atoms with Crippen LogP contribution < -0.4 is 11.1 Å². The van der Waals surface area contributed by atoms with E-state index in [0.717, 1.165) is 36.9 Å². The van der Waals surface area contributed by atoms with Gasteiger partial charge in [-0.15, -0.1) is 0 Å². The molecule has 1 saturated carbocycles. The van der Waals surface area contributed by atoms with Crippen molar-refractivity contribution < 1.29 is 14.6 Å². The fourth-order valence-electron chi connectivity index (χ4n) is 2.66. The molecular formula is C17H22N2O3. The standard InChI is InChI=1S/C17H22N2O3/c1-12(22-11-10-18)13-2-6-15(7-3-13)19-16-8-4-14(5-9-16)17(20)21/h2-3,6-7,10-11,14,16,19H,1,4-5,8-9,18H2,(H,20,21)/b11-10-/t14-,16-. The first kappa shape index (κ1) is 15.9. The summed E-state index contributed by atoms with van der Waals surface area (Å²) in [6, 6.07) is 8.13. The van der Waals surface area contributed by atoms with Crippen LogP contribution in [0.5, 0.6) is 0 Å². The predicted molar refractivity (Wildman–Crippen MR) is 86.9 cm³/mol. The Morgan fingerprint density at radius 3 is 2.45 bits per heavy atom. The Hall–Kier alpha value is -2.43. The fourth-order valence-corrected chi connectivity index (χ4v) is 2.66. The van der Waals surface area contributed by atoms with Crippen molar-refractivity contribution >= 4 is 17.4 Å². The second-order valence-corrected chi connectivity index (χ2v) is 5.48. The molecule has 0 aromatic heterocycles. The Bertz CT molecular complexity index is 544. The highest BCUT2D eigenvalue weighted by molar-refractivity contribution is 5.70. The zero-order valence-electron chi connectivity index (χ0n) is 12.5. The summed E-state index contributed by atoms with van der Waals surface area (Å²) in [6.07, 6.45) is 5.94. The highest BCUT2D eigenvalue weighted by atomic mass is 16.5. The van der Waals surface area contributed by atoms with Gasteiger partial charge in [0.05, 0.1) is 5.92 Å². The lowest BCUT2D eigenvalue weighted by atomic mass is 9.86. The van der Waals surface area contributed by atoms with Gasteiger partial charge in [0.15, 0.2) is 0 Å². The maximum atomic E-state index is 10.9. The molecule has 1 aliphatic carbocycles. The molecule has 4 N–H and O–H groups in total. The number of rotatable bonds is 6. The van der Waals surface area contributed by atoms with E-state index in [-0.39, 0.29) is 5.92 Å². The van der Waals surface area contributed by atoms with Crippen LogP contribution in [0.4, 0.5) is 5.69 Å². The van der Waals surface area contributed by atoms with E-state index in [1.54, 1.807) is 0 Å². The summed E-state index contributed by atoms with van der Waals surface area (Å²) in [6.45, 7) is 3.83. The van der Waals surface area contributed by atoms with E-state index in [0.29, 0.717) is 11.8 Å². The Balaban J connectivity index is 1.87. The number of carboxylic acid groups (broad SMARTS) is 1. The van der Waals surface area contributed by atoms with E-state index in [1.807, 2.05) is 24.3 Å². The maximum absolute atomic E-state index is 10.9. The van der Waals surface area contributed by atoms with Crippen molar-refractivity contribution in [3.8, 4) is 0 Å². The van der Waals surface area contributed by atoms with Crippen molar-refractivity contribution in [3.05, 3.63) is 48.9 Å².